The molecule has 1 aromatic heterocycles. The molecule has 1 aromatic rings. The molecule has 0 aliphatic carbocycles. The number of aliphatic hydroxyl groups excluding tert-OH is 1. The topological polar surface area (TPSA) is 58.3 Å². The summed E-state index contributed by atoms with van der Waals surface area (Å²) < 4.78 is 5.61. The molecule has 1 unspecified atom stereocenters. The number of aromatic nitrogens is 1. The van der Waals surface area contributed by atoms with Crippen LogP contribution in [0.25, 0.3) is 0 Å². The lowest BCUT2D eigenvalue weighted by Gasteiger charge is -2.20. The van der Waals surface area contributed by atoms with Gasteiger partial charge in [-0.2, -0.15) is 0 Å². The number of oxazole rings is 1. The molecular weight excluding hydrogens is 204 g/mol. The van der Waals surface area contributed by atoms with Crippen molar-refractivity contribution in [1.29, 1.82) is 0 Å². The van der Waals surface area contributed by atoms with Crippen molar-refractivity contribution in [1.82, 2.24) is 10.3 Å². The van der Waals surface area contributed by atoms with E-state index < -0.39 is 0 Å². The van der Waals surface area contributed by atoms with Gasteiger partial charge in [-0.3, -0.25) is 0 Å². The molecule has 4 nitrogen and oxygen atoms in total. The molecule has 2 heterocycles. The van der Waals surface area contributed by atoms with E-state index in [2.05, 4.69) is 10.3 Å². The van der Waals surface area contributed by atoms with Crippen molar-refractivity contribution in [2.45, 2.75) is 38.7 Å². The van der Waals surface area contributed by atoms with Crippen LogP contribution in [0.5, 0.6) is 0 Å². The SMILES string of the molecule is CC(O)Cc1cnc(CC2CCNCC2)o1. The molecule has 0 amide bonds. The summed E-state index contributed by atoms with van der Waals surface area (Å²) in [5.74, 6) is 2.31. The van der Waals surface area contributed by atoms with E-state index in [0.29, 0.717) is 12.3 Å². The molecule has 0 spiro atoms. The third kappa shape index (κ3) is 3.32. The van der Waals surface area contributed by atoms with Crippen LogP contribution in [0, 0.1) is 5.92 Å². The zero-order valence-corrected chi connectivity index (χ0v) is 9.78. The minimum Gasteiger partial charge on any atom is -0.446 e. The summed E-state index contributed by atoms with van der Waals surface area (Å²) in [6.45, 7) is 3.97. The van der Waals surface area contributed by atoms with Crippen LogP contribution < -0.4 is 5.32 Å². The maximum atomic E-state index is 9.24. The fourth-order valence-electron chi connectivity index (χ4n) is 2.16. The van der Waals surface area contributed by atoms with Crippen molar-refractivity contribution in [3.8, 4) is 0 Å². The van der Waals surface area contributed by atoms with Crippen molar-refractivity contribution in [3.63, 3.8) is 0 Å². The van der Waals surface area contributed by atoms with Crippen LogP contribution >= 0.6 is 0 Å². The Balaban J connectivity index is 1.86. The van der Waals surface area contributed by atoms with Crippen molar-refractivity contribution in [2.24, 2.45) is 5.92 Å². The number of aliphatic hydroxyl groups is 1. The van der Waals surface area contributed by atoms with Crippen LogP contribution in [-0.4, -0.2) is 29.3 Å². The molecule has 1 saturated heterocycles. The van der Waals surface area contributed by atoms with E-state index in [-0.39, 0.29) is 6.10 Å². The normalized spacial score (nSPS) is 19.9. The summed E-state index contributed by atoms with van der Waals surface area (Å²) in [5, 5.41) is 12.6. The molecule has 1 atom stereocenters. The number of hydrogen-bond acceptors (Lipinski definition) is 4. The van der Waals surface area contributed by atoms with Gasteiger partial charge < -0.3 is 14.8 Å². The molecule has 2 N–H and O–H groups in total. The minimum absolute atomic E-state index is 0.361. The maximum Gasteiger partial charge on any atom is 0.194 e. The van der Waals surface area contributed by atoms with Crippen LogP contribution in [0.15, 0.2) is 10.6 Å². The molecule has 4 heteroatoms. The van der Waals surface area contributed by atoms with Crippen molar-refractivity contribution < 1.29 is 9.52 Å². The highest BCUT2D eigenvalue weighted by Gasteiger charge is 2.16. The van der Waals surface area contributed by atoms with E-state index in [1.807, 2.05) is 0 Å². The van der Waals surface area contributed by atoms with Crippen LogP contribution in [0.4, 0.5) is 0 Å². The van der Waals surface area contributed by atoms with E-state index in [4.69, 9.17) is 4.42 Å². The van der Waals surface area contributed by atoms with Gasteiger partial charge in [0.2, 0.25) is 0 Å². The predicted octanol–water partition coefficient (Wildman–Crippen LogP) is 1.14. The van der Waals surface area contributed by atoms with Gasteiger partial charge in [0, 0.05) is 12.8 Å². The number of piperidine rings is 1. The third-order valence-corrected chi connectivity index (χ3v) is 3.02. The predicted molar refractivity (Wildman–Crippen MR) is 61.2 cm³/mol. The highest BCUT2D eigenvalue weighted by atomic mass is 16.4. The average molecular weight is 224 g/mol. The molecule has 0 saturated carbocycles. The fraction of sp³-hybridized carbons (Fsp3) is 0.750. The molecule has 90 valence electrons. The van der Waals surface area contributed by atoms with Gasteiger partial charge in [0.1, 0.15) is 5.76 Å². The zero-order valence-electron chi connectivity index (χ0n) is 9.78. The molecule has 0 radical (unpaired) electrons. The minimum atomic E-state index is -0.361. The quantitative estimate of drug-likeness (QED) is 0.805. The van der Waals surface area contributed by atoms with Crippen LogP contribution in [-0.2, 0) is 12.8 Å². The Labute approximate surface area is 96.1 Å². The molecular formula is C12H20N2O2. The van der Waals surface area contributed by atoms with Gasteiger partial charge in [-0.05, 0) is 38.8 Å². The molecule has 1 fully saturated rings. The van der Waals surface area contributed by atoms with Gasteiger partial charge >= 0.3 is 0 Å². The number of nitrogens with zero attached hydrogens (tertiary/aromatic N) is 1. The highest BCUT2D eigenvalue weighted by molar-refractivity contribution is 4.96. The Bertz CT molecular complexity index is 317. The summed E-state index contributed by atoms with van der Waals surface area (Å²) in [6.07, 6.45) is 5.27. The van der Waals surface area contributed by atoms with Gasteiger partial charge in [0.15, 0.2) is 5.89 Å². The molecule has 1 aliphatic rings. The Morgan fingerprint density at radius 2 is 2.31 bits per heavy atom. The summed E-state index contributed by atoms with van der Waals surface area (Å²) in [4.78, 5) is 4.27. The lowest BCUT2D eigenvalue weighted by atomic mass is 9.95. The van der Waals surface area contributed by atoms with Crippen molar-refractivity contribution in [3.05, 3.63) is 17.8 Å². The van der Waals surface area contributed by atoms with Gasteiger partial charge in [-0.25, -0.2) is 4.98 Å². The van der Waals surface area contributed by atoms with Crippen molar-refractivity contribution in [2.75, 3.05) is 13.1 Å². The largest absolute Gasteiger partial charge is 0.446 e. The molecule has 0 aromatic carbocycles. The lowest BCUT2D eigenvalue weighted by Crippen LogP contribution is -2.28. The second-order valence-corrected chi connectivity index (χ2v) is 4.67. The zero-order chi connectivity index (χ0) is 11.4. The second-order valence-electron chi connectivity index (χ2n) is 4.67. The van der Waals surface area contributed by atoms with Crippen molar-refractivity contribution >= 4 is 0 Å². The van der Waals surface area contributed by atoms with Gasteiger partial charge in [0.05, 0.1) is 12.3 Å². The number of rotatable bonds is 4. The van der Waals surface area contributed by atoms with E-state index >= 15 is 0 Å². The second kappa shape index (κ2) is 5.46. The molecule has 1 aliphatic heterocycles. The van der Waals surface area contributed by atoms with Gasteiger partial charge in [0.25, 0.3) is 0 Å². The molecule has 0 bridgehead atoms. The number of hydrogen-bond donors (Lipinski definition) is 2. The average Bonchev–Trinajstić information content (AvgIpc) is 2.66. The highest BCUT2D eigenvalue weighted by Crippen LogP contribution is 2.18. The van der Waals surface area contributed by atoms with Crippen LogP contribution in [0.1, 0.15) is 31.4 Å². The summed E-state index contributed by atoms with van der Waals surface area (Å²) in [7, 11) is 0. The Morgan fingerprint density at radius 1 is 1.56 bits per heavy atom. The van der Waals surface area contributed by atoms with Gasteiger partial charge in [-0.15, -0.1) is 0 Å². The lowest BCUT2D eigenvalue weighted by molar-refractivity contribution is 0.186. The Kier molecular flexibility index (Phi) is 3.96. The first-order valence-corrected chi connectivity index (χ1v) is 6.06. The maximum absolute atomic E-state index is 9.24. The smallest absolute Gasteiger partial charge is 0.194 e. The van der Waals surface area contributed by atoms with E-state index in [9.17, 15) is 5.11 Å². The fourth-order valence-corrected chi connectivity index (χ4v) is 2.16. The van der Waals surface area contributed by atoms with E-state index in [0.717, 1.165) is 31.2 Å². The first-order valence-electron chi connectivity index (χ1n) is 6.06. The van der Waals surface area contributed by atoms with Crippen LogP contribution in [0.3, 0.4) is 0 Å². The van der Waals surface area contributed by atoms with E-state index in [1.165, 1.54) is 12.8 Å². The van der Waals surface area contributed by atoms with Crippen LogP contribution in [0.2, 0.25) is 0 Å². The number of nitrogens with one attached hydrogen (secondary N) is 1. The third-order valence-electron chi connectivity index (χ3n) is 3.02. The van der Waals surface area contributed by atoms with Gasteiger partial charge in [-0.1, -0.05) is 0 Å². The molecule has 2 rings (SSSR count). The standard InChI is InChI=1S/C12H20N2O2/c1-9(15)6-11-8-14-12(16-11)7-10-2-4-13-5-3-10/h8-10,13,15H,2-7H2,1H3. The van der Waals surface area contributed by atoms with E-state index in [1.54, 1.807) is 13.1 Å². The summed E-state index contributed by atoms with van der Waals surface area (Å²) in [6, 6.07) is 0. The summed E-state index contributed by atoms with van der Waals surface area (Å²) >= 11 is 0. The monoisotopic (exact) mass is 224 g/mol. The molecule has 16 heavy (non-hydrogen) atoms. The first kappa shape index (κ1) is 11.6. The Morgan fingerprint density at radius 3 is 3.00 bits per heavy atom. The summed E-state index contributed by atoms with van der Waals surface area (Å²) in [5.41, 5.74) is 0. The first-order chi connectivity index (χ1) is 7.74. The Hall–Kier alpha value is -0.870.